The van der Waals surface area contributed by atoms with Gasteiger partial charge in [0.2, 0.25) is 10.0 Å². The molecule has 0 saturated heterocycles. The number of aliphatic imine (C=N–C) groups is 1. The fraction of sp³-hybridized carbons (Fsp3) is 0.412. The number of nitrogens with two attached hydrogens (primary N) is 1. The number of aliphatic hydroxyl groups excluding tert-OH is 2. The van der Waals surface area contributed by atoms with Crippen molar-refractivity contribution < 1.29 is 28.2 Å². The molecule has 242 valence electrons. The fourth-order valence-electron chi connectivity index (χ4n) is 5.46. The van der Waals surface area contributed by atoms with Crippen LogP contribution >= 0.6 is 0 Å². The molecule has 2 aliphatic rings. The Hall–Kier alpha value is -3.77. The van der Waals surface area contributed by atoms with E-state index in [1.807, 2.05) is 76.2 Å². The maximum Gasteiger partial charge on any atom is 0.261 e. The predicted octanol–water partition coefficient (Wildman–Crippen LogP) is 3.28. The van der Waals surface area contributed by atoms with Gasteiger partial charge in [-0.05, 0) is 55.0 Å². The number of ether oxygens (including phenoxy) is 1. The first-order valence-electron chi connectivity index (χ1n) is 15.2. The van der Waals surface area contributed by atoms with Gasteiger partial charge in [0.1, 0.15) is 11.6 Å². The van der Waals surface area contributed by atoms with Crippen LogP contribution in [0.5, 0.6) is 5.75 Å². The average Bonchev–Trinajstić information content (AvgIpc) is 3.37. The third kappa shape index (κ3) is 8.70. The summed E-state index contributed by atoms with van der Waals surface area (Å²) in [7, 11) is -4.01. The Labute approximate surface area is 266 Å². The van der Waals surface area contributed by atoms with Crippen LogP contribution in [0.4, 0.5) is 0 Å². The third-order valence-corrected chi connectivity index (χ3v) is 9.69. The van der Waals surface area contributed by atoms with E-state index < -0.39 is 34.2 Å². The number of carbonyl (C=O) groups excluding carboxylic acids is 1. The quantitative estimate of drug-likeness (QED) is 0.234. The number of aryl methyl sites for hydroxylation is 2. The molecule has 3 atom stereocenters. The van der Waals surface area contributed by atoms with Gasteiger partial charge in [0.05, 0.1) is 22.8 Å². The Morgan fingerprint density at radius 3 is 2.40 bits per heavy atom. The van der Waals surface area contributed by atoms with Crippen LogP contribution in [0.1, 0.15) is 43.4 Å². The minimum absolute atomic E-state index is 0.0362. The number of benzene rings is 2. The van der Waals surface area contributed by atoms with Crippen molar-refractivity contribution in [1.82, 2.24) is 9.62 Å². The number of sulfonamides is 1. The largest absolute Gasteiger partial charge is 0.480 e. The highest BCUT2D eigenvalue weighted by Gasteiger charge is 2.35. The number of nitrogens with one attached hydrogen (secondary N) is 1. The molecule has 1 heterocycles. The summed E-state index contributed by atoms with van der Waals surface area (Å²) >= 11 is 0. The van der Waals surface area contributed by atoms with Crippen molar-refractivity contribution >= 4 is 21.6 Å². The molecule has 0 bridgehead atoms. The molecule has 5 N–H and O–H groups in total. The number of hydrogen-bond acceptors (Lipinski definition) is 8. The Morgan fingerprint density at radius 1 is 1.07 bits per heavy atom. The lowest BCUT2D eigenvalue weighted by Gasteiger charge is -2.32. The van der Waals surface area contributed by atoms with Gasteiger partial charge in [-0.2, -0.15) is 4.31 Å². The van der Waals surface area contributed by atoms with Gasteiger partial charge in [0, 0.05) is 38.1 Å². The number of carbonyl (C=O) groups is 1. The molecule has 1 amide bonds. The van der Waals surface area contributed by atoms with Crippen molar-refractivity contribution in [3.8, 4) is 5.75 Å². The van der Waals surface area contributed by atoms with Gasteiger partial charge in [0.15, 0.2) is 6.10 Å². The van der Waals surface area contributed by atoms with Crippen molar-refractivity contribution in [2.75, 3.05) is 19.7 Å². The molecule has 2 aromatic carbocycles. The van der Waals surface area contributed by atoms with Gasteiger partial charge in [-0.15, -0.1) is 0 Å². The number of para-hydroxylation sites is 1. The van der Waals surface area contributed by atoms with E-state index in [4.69, 9.17) is 10.5 Å². The van der Waals surface area contributed by atoms with Crippen LogP contribution in [0.25, 0.3) is 0 Å². The second-order valence-corrected chi connectivity index (χ2v) is 14.0. The van der Waals surface area contributed by atoms with Crippen molar-refractivity contribution in [2.45, 2.75) is 65.2 Å². The topological polar surface area (TPSA) is 155 Å². The zero-order valence-corrected chi connectivity index (χ0v) is 27.1. The lowest BCUT2D eigenvalue weighted by Crippen LogP contribution is -2.54. The second kappa shape index (κ2) is 15.0. The third-order valence-electron chi connectivity index (χ3n) is 7.77. The molecule has 3 unspecified atom stereocenters. The van der Waals surface area contributed by atoms with E-state index in [1.165, 1.54) is 4.31 Å². The number of allylic oxidation sites excluding steroid dienone is 5. The van der Waals surface area contributed by atoms with E-state index in [9.17, 15) is 23.4 Å². The first-order valence-corrected chi connectivity index (χ1v) is 16.6. The lowest BCUT2D eigenvalue weighted by atomic mass is 10.00. The zero-order valence-electron chi connectivity index (χ0n) is 26.3. The maximum absolute atomic E-state index is 14.0. The summed E-state index contributed by atoms with van der Waals surface area (Å²) in [4.78, 5) is 18.1. The molecule has 11 heteroatoms. The highest BCUT2D eigenvalue weighted by Crippen LogP contribution is 2.29. The van der Waals surface area contributed by atoms with Crippen LogP contribution in [0.2, 0.25) is 0 Å². The SMILES string of the molecule is Cc1cccc(C)c1OC(CCO)C(=O)NC(Cc1ccccc1)C(O)CN(CC(C)C)S(=O)(=O)C1=CC=C2C=C(N)N=C2C1. The van der Waals surface area contributed by atoms with E-state index in [0.29, 0.717) is 17.3 Å². The first-order chi connectivity index (χ1) is 21.4. The van der Waals surface area contributed by atoms with Gasteiger partial charge in [-0.1, -0.05) is 68.5 Å². The van der Waals surface area contributed by atoms with Gasteiger partial charge in [0.25, 0.3) is 5.91 Å². The molecule has 0 aromatic heterocycles. The Kier molecular flexibility index (Phi) is 11.4. The Balaban J connectivity index is 1.59. The van der Waals surface area contributed by atoms with Crippen LogP contribution in [0.15, 0.2) is 88.1 Å². The molecule has 2 aromatic rings. The molecule has 4 rings (SSSR count). The molecular formula is C34H44N4O6S. The summed E-state index contributed by atoms with van der Waals surface area (Å²) < 4.78 is 35.3. The van der Waals surface area contributed by atoms with Crippen molar-refractivity contribution in [3.63, 3.8) is 0 Å². The molecular weight excluding hydrogens is 592 g/mol. The molecule has 0 spiro atoms. The summed E-state index contributed by atoms with van der Waals surface area (Å²) in [5.74, 6) is 0.341. The highest BCUT2D eigenvalue weighted by molar-refractivity contribution is 7.93. The molecule has 0 radical (unpaired) electrons. The van der Waals surface area contributed by atoms with E-state index >= 15 is 0 Å². The lowest BCUT2D eigenvalue weighted by molar-refractivity contribution is -0.130. The van der Waals surface area contributed by atoms with Crippen LogP contribution in [0, 0.1) is 19.8 Å². The van der Waals surface area contributed by atoms with Crippen molar-refractivity contribution in [1.29, 1.82) is 0 Å². The molecule has 0 fully saturated rings. The first kappa shape index (κ1) is 34.1. The molecule has 1 aliphatic carbocycles. The fourth-order valence-corrected chi connectivity index (χ4v) is 7.19. The molecule has 0 saturated carbocycles. The van der Waals surface area contributed by atoms with E-state index in [-0.39, 0.29) is 49.8 Å². The molecule has 45 heavy (non-hydrogen) atoms. The monoisotopic (exact) mass is 636 g/mol. The van der Waals surface area contributed by atoms with Crippen molar-refractivity contribution in [2.24, 2.45) is 16.6 Å². The number of fused-ring (bicyclic) bond motifs is 1. The average molecular weight is 637 g/mol. The van der Waals surface area contributed by atoms with E-state index in [2.05, 4.69) is 10.3 Å². The highest BCUT2D eigenvalue weighted by atomic mass is 32.2. The van der Waals surface area contributed by atoms with Gasteiger partial charge < -0.3 is 26.0 Å². The summed E-state index contributed by atoms with van der Waals surface area (Å²) in [5.41, 5.74) is 9.76. The van der Waals surface area contributed by atoms with Gasteiger partial charge in [-0.3, -0.25) is 4.79 Å². The number of rotatable bonds is 15. The zero-order chi connectivity index (χ0) is 32.7. The number of hydrogen-bond donors (Lipinski definition) is 4. The van der Waals surface area contributed by atoms with Crippen molar-refractivity contribution in [3.05, 3.63) is 99.7 Å². The number of amides is 1. The Morgan fingerprint density at radius 2 is 1.76 bits per heavy atom. The van der Waals surface area contributed by atoms with Crippen LogP contribution in [-0.4, -0.2) is 72.5 Å². The maximum atomic E-state index is 14.0. The summed E-state index contributed by atoms with van der Waals surface area (Å²) in [6.07, 6.45) is 3.03. The number of nitrogens with zero attached hydrogens (tertiary/aromatic N) is 2. The Bertz CT molecular complexity index is 1580. The van der Waals surface area contributed by atoms with Crippen LogP contribution < -0.4 is 15.8 Å². The van der Waals surface area contributed by atoms with E-state index in [0.717, 1.165) is 22.3 Å². The molecule has 10 nitrogen and oxygen atoms in total. The predicted molar refractivity (Wildman–Crippen MR) is 176 cm³/mol. The minimum atomic E-state index is -4.01. The van der Waals surface area contributed by atoms with Crippen LogP contribution in [0.3, 0.4) is 0 Å². The summed E-state index contributed by atoms with van der Waals surface area (Å²) in [5, 5.41) is 24.3. The van der Waals surface area contributed by atoms with E-state index in [1.54, 1.807) is 18.2 Å². The smallest absolute Gasteiger partial charge is 0.261 e. The molecule has 1 aliphatic heterocycles. The second-order valence-electron chi connectivity index (χ2n) is 12.0. The normalized spacial score (nSPS) is 16.7. The minimum Gasteiger partial charge on any atom is -0.480 e. The summed E-state index contributed by atoms with van der Waals surface area (Å²) in [6, 6.07) is 14.2. The van der Waals surface area contributed by atoms with Crippen LogP contribution in [-0.2, 0) is 21.2 Å². The standard InChI is InChI=1S/C34H44N4O6S/c1-22(2)20-38(45(42,43)27-14-13-26-18-32(35)36-28(26)19-27)21-30(40)29(17-25-11-6-5-7-12-25)37-34(41)31(15-16-39)44-33-23(3)9-8-10-24(33)4/h5-14,18,22,29-31,39-40H,15-17,19-21,35H2,1-4H3,(H,37,41). The summed E-state index contributed by atoms with van der Waals surface area (Å²) in [6.45, 7) is 7.20. The van der Waals surface area contributed by atoms with Gasteiger partial charge >= 0.3 is 0 Å². The number of aliphatic hydroxyl groups is 2. The van der Waals surface area contributed by atoms with Gasteiger partial charge in [-0.25, -0.2) is 13.4 Å².